The van der Waals surface area contributed by atoms with E-state index in [1.54, 1.807) is 4.90 Å². The van der Waals surface area contributed by atoms with E-state index in [1.807, 2.05) is 0 Å². The lowest BCUT2D eigenvalue weighted by Gasteiger charge is -2.17. The molecular weight excluding hydrogens is 269 g/mol. The monoisotopic (exact) mass is 283 g/mol. The maximum atomic E-state index is 13.5. The Hall–Kier alpha value is -1.56. The fraction of sp³-hybridized carbons (Fsp3) is 0.385. The first-order chi connectivity index (χ1) is 9.06. The zero-order valence-corrected chi connectivity index (χ0v) is 11.3. The smallest absolute Gasteiger partial charge is 0.340 e. The van der Waals surface area contributed by atoms with Gasteiger partial charge in [0.1, 0.15) is 5.82 Å². The molecule has 0 spiro atoms. The predicted molar refractivity (Wildman–Crippen MR) is 72.1 cm³/mol. The van der Waals surface area contributed by atoms with Gasteiger partial charge in [-0.05, 0) is 29.9 Å². The first kappa shape index (κ1) is 13.9. The van der Waals surface area contributed by atoms with Gasteiger partial charge in [0.15, 0.2) is 0 Å². The van der Waals surface area contributed by atoms with Crippen molar-refractivity contribution >= 4 is 30.2 Å². The quantitative estimate of drug-likeness (QED) is 0.681. The molecule has 1 aromatic carbocycles. The van der Waals surface area contributed by atoms with Gasteiger partial charge in [-0.2, -0.15) is 12.6 Å². The van der Waals surface area contributed by atoms with Crippen LogP contribution >= 0.6 is 12.6 Å². The highest BCUT2D eigenvalue weighted by atomic mass is 32.1. The van der Waals surface area contributed by atoms with Crippen molar-refractivity contribution in [3.63, 3.8) is 0 Å². The number of amides is 1. The molecule has 0 radical (unpaired) electrons. The molecule has 4 nitrogen and oxygen atoms in total. The molecule has 1 fully saturated rings. The van der Waals surface area contributed by atoms with Crippen LogP contribution in [0.1, 0.15) is 16.8 Å². The van der Waals surface area contributed by atoms with Gasteiger partial charge in [0, 0.05) is 18.7 Å². The molecule has 1 saturated heterocycles. The minimum atomic E-state index is -0.753. The first-order valence-corrected chi connectivity index (χ1v) is 6.49. The summed E-state index contributed by atoms with van der Waals surface area (Å²) in [7, 11) is 1.19. The Bertz CT molecular complexity index is 521. The topological polar surface area (TPSA) is 46.6 Å². The zero-order valence-electron chi connectivity index (χ0n) is 10.4. The first-order valence-electron chi connectivity index (χ1n) is 5.86. The van der Waals surface area contributed by atoms with Gasteiger partial charge in [0.25, 0.3) is 0 Å². The molecule has 1 amide bonds. The summed E-state index contributed by atoms with van der Waals surface area (Å²) >= 11 is 4.18. The number of benzene rings is 1. The number of nitrogens with zero attached hydrogens (tertiary/aromatic N) is 1. The van der Waals surface area contributed by atoms with E-state index in [1.165, 1.54) is 25.3 Å². The lowest BCUT2D eigenvalue weighted by molar-refractivity contribution is -0.117. The maximum absolute atomic E-state index is 13.5. The highest BCUT2D eigenvalue weighted by Gasteiger charge is 2.30. The van der Waals surface area contributed by atoms with Crippen molar-refractivity contribution in [2.45, 2.75) is 6.42 Å². The molecule has 1 aliphatic rings. The van der Waals surface area contributed by atoms with Gasteiger partial charge in [-0.1, -0.05) is 0 Å². The van der Waals surface area contributed by atoms with Crippen LogP contribution in [0, 0.1) is 11.7 Å². The molecule has 0 aliphatic carbocycles. The fourth-order valence-electron chi connectivity index (χ4n) is 2.10. The van der Waals surface area contributed by atoms with Crippen molar-refractivity contribution in [3.05, 3.63) is 29.6 Å². The second-order valence-electron chi connectivity index (χ2n) is 4.41. The van der Waals surface area contributed by atoms with Gasteiger partial charge in [-0.3, -0.25) is 4.79 Å². The van der Waals surface area contributed by atoms with E-state index >= 15 is 0 Å². The number of thiol groups is 1. The van der Waals surface area contributed by atoms with Gasteiger partial charge in [-0.25, -0.2) is 9.18 Å². The normalized spacial score (nSPS) is 18.8. The summed E-state index contributed by atoms with van der Waals surface area (Å²) in [6.07, 6.45) is 0.425. The Labute approximate surface area is 115 Å². The summed E-state index contributed by atoms with van der Waals surface area (Å²) in [5, 5.41) is 0. The number of ether oxygens (including phenoxy) is 1. The number of halogens is 1. The lowest BCUT2D eigenvalue weighted by Crippen LogP contribution is -2.25. The Kier molecular flexibility index (Phi) is 4.09. The molecule has 6 heteroatoms. The number of rotatable bonds is 3. The van der Waals surface area contributed by atoms with E-state index in [0.717, 1.165) is 0 Å². The van der Waals surface area contributed by atoms with E-state index in [-0.39, 0.29) is 17.4 Å². The third-order valence-electron chi connectivity index (χ3n) is 3.13. The van der Waals surface area contributed by atoms with Crippen LogP contribution in [0.15, 0.2) is 18.2 Å². The van der Waals surface area contributed by atoms with Crippen LogP contribution in [0.3, 0.4) is 0 Å². The van der Waals surface area contributed by atoms with Crippen molar-refractivity contribution < 1.29 is 18.7 Å². The van der Waals surface area contributed by atoms with Crippen LogP contribution in [-0.2, 0) is 9.53 Å². The number of methoxy groups -OCH3 is 1. The molecule has 1 atom stereocenters. The Morgan fingerprint density at radius 3 is 2.89 bits per heavy atom. The molecule has 1 aromatic rings. The van der Waals surface area contributed by atoms with Gasteiger partial charge in [0.05, 0.1) is 12.7 Å². The van der Waals surface area contributed by atoms with E-state index < -0.39 is 11.8 Å². The zero-order chi connectivity index (χ0) is 14.0. The number of carbonyl (C=O) groups excluding carboxylic acids is 2. The number of hydrogen-bond acceptors (Lipinski definition) is 4. The Morgan fingerprint density at radius 1 is 1.58 bits per heavy atom. The van der Waals surface area contributed by atoms with Crippen molar-refractivity contribution in [1.29, 1.82) is 0 Å². The van der Waals surface area contributed by atoms with Crippen molar-refractivity contribution in [1.82, 2.24) is 0 Å². The summed E-state index contributed by atoms with van der Waals surface area (Å²) in [5.74, 6) is -0.651. The Balaban J connectivity index is 2.31. The minimum Gasteiger partial charge on any atom is -0.465 e. The second kappa shape index (κ2) is 5.61. The van der Waals surface area contributed by atoms with Crippen molar-refractivity contribution in [3.8, 4) is 0 Å². The van der Waals surface area contributed by atoms with E-state index in [0.29, 0.717) is 24.4 Å². The summed E-state index contributed by atoms with van der Waals surface area (Å²) in [6, 6.07) is 4.00. The SMILES string of the molecule is COC(=O)c1cc(N2CC(CS)CC2=O)ccc1F. The number of esters is 1. The molecule has 0 bridgehead atoms. The molecular formula is C13H14FNO3S. The van der Waals surface area contributed by atoms with Crippen LogP contribution in [0.25, 0.3) is 0 Å². The van der Waals surface area contributed by atoms with Gasteiger partial charge in [0.2, 0.25) is 5.91 Å². The van der Waals surface area contributed by atoms with Crippen LogP contribution in [0.4, 0.5) is 10.1 Å². The molecule has 0 aromatic heterocycles. The number of anilines is 1. The van der Waals surface area contributed by atoms with Crippen LogP contribution < -0.4 is 4.90 Å². The highest BCUT2D eigenvalue weighted by Crippen LogP contribution is 2.27. The molecule has 19 heavy (non-hydrogen) atoms. The van der Waals surface area contributed by atoms with Crippen LogP contribution in [0.2, 0.25) is 0 Å². The third kappa shape index (κ3) is 2.73. The summed E-state index contributed by atoms with van der Waals surface area (Å²) in [5.41, 5.74) is 0.346. The average molecular weight is 283 g/mol. The maximum Gasteiger partial charge on any atom is 0.340 e. The standard InChI is InChI=1S/C13H14FNO3S/c1-18-13(17)10-5-9(2-3-11(10)14)15-6-8(7-19)4-12(15)16/h2-3,5,8,19H,4,6-7H2,1H3. The van der Waals surface area contributed by atoms with Gasteiger partial charge < -0.3 is 9.64 Å². The van der Waals surface area contributed by atoms with Crippen molar-refractivity contribution in [2.24, 2.45) is 5.92 Å². The average Bonchev–Trinajstić information content (AvgIpc) is 2.80. The van der Waals surface area contributed by atoms with Gasteiger partial charge in [-0.15, -0.1) is 0 Å². The third-order valence-corrected chi connectivity index (χ3v) is 3.65. The molecule has 1 heterocycles. The summed E-state index contributed by atoms with van der Waals surface area (Å²) in [4.78, 5) is 24.8. The van der Waals surface area contributed by atoms with Crippen molar-refractivity contribution in [2.75, 3.05) is 24.3 Å². The molecule has 1 aliphatic heterocycles. The predicted octanol–water partition coefficient (Wildman–Crippen LogP) is 1.89. The second-order valence-corrected chi connectivity index (χ2v) is 4.78. The highest BCUT2D eigenvalue weighted by molar-refractivity contribution is 7.80. The Morgan fingerprint density at radius 2 is 2.32 bits per heavy atom. The summed E-state index contributed by atoms with van der Waals surface area (Å²) < 4.78 is 18.0. The molecule has 2 rings (SSSR count). The van der Waals surface area contributed by atoms with Crippen LogP contribution in [0.5, 0.6) is 0 Å². The van der Waals surface area contributed by atoms with E-state index in [9.17, 15) is 14.0 Å². The lowest BCUT2D eigenvalue weighted by atomic mass is 10.1. The van der Waals surface area contributed by atoms with Crippen LogP contribution in [-0.4, -0.2) is 31.3 Å². The van der Waals surface area contributed by atoms with Gasteiger partial charge >= 0.3 is 5.97 Å². The number of hydrogen-bond donors (Lipinski definition) is 1. The molecule has 102 valence electrons. The molecule has 1 unspecified atom stereocenters. The molecule has 0 N–H and O–H groups in total. The minimum absolute atomic E-state index is 0.0403. The van der Waals surface area contributed by atoms with E-state index in [2.05, 4.69) is 17.4 Å². The molecule has 0 saturated carbocycles. The van der Waals surface area contributed by atoms with E-state index in [4.69, 9.17) is 0 Å². The fourth-order valence-corrected chi connectivity index (χ4v) is 2.35. The number of carbonyl (C=O) groups is 2. The largest absolute Gasteiger partial charge is 0.465 e. The summed E-state index contributed by atoms with van der Waals surface area (Å²) in [6.45, 7) is 0.536.